The van der Waals surface area contributed by atoms with Crippen molar-refractivity contribution in [3.8, 4) is 0 Å². The first-order valence-electron chi connectivity index (χ1n) is 6.95. The number of ether oxygens (including phenoxy) is 1. The third-order valence-electron chi connectivity index (χ3n) is 3.63. The van der Waals surface area contributed by atoms with Crippen molar-refractivity contribution in [2.24, 2.45) is 0 Å². The number of nitrogens with one attached hydrogen (secondary N) is 2. The molecule has 2 N–H and O–H groups in total. The van der Waals surface area contributed by atoms with Gasteiger partial charge in [-0.15, -0.1) is 0 Å². The van der Waals surface area contributed by atoms with Crippen molar-refractivity contribution in [3.63, 3.8) is 0 Å². The molecule has 18 heavy (non-hydrogen) atoms. The van der Waals surface area contributed by atoms with Gasteiger partial charge in [0.2, 0.25) is 0 Å². The molecule has 1 heterocycles. The maximum Gasteiger partial charge on any atom is 0.0872 e. The lowest BCUT2D eigenvalue weighted by Crippen LogP contribution is -2.42. The van der Waals surface area contributed by atoms with Crippen LogP contribution in [0.1, 0.15) is 31.7 Å². The van der Waals surface area contributed by atoms with E-state index in [0.29, 0.717) is 5.92 Å². The third-order valence-corrected chi connectivity index (χ3v) is 3.63. The van der Waals surface area contributed by atoms with Gasteiger partial charge in [0.1, 0.15) is 0 Å². The zero-order chi connectivity index (χ0) is 12.8. The van der Waals surface area contributed by atoms with Crippen molar-refractivity contribution < 1.29 is 4.74 Å². The minimum Gasteiger partial charge on any atom is -0.382 e. The molecule has 1 fully saturated rings. The van der Waals surface area contributed by atoms with Crippen LogP contribution in [0.2, 0.25) is 0 Å². The van der Waals surface area contributed by atoms with Crippen LogP contribution in [0, 0.1) is 0 Å². The number of hydrogen-bond donors (Lipinski definition) is 2. The summed E-state index contributed by atoms with van der Waals surface area (Å²) in [5.41, 5.74) is 2.59. The van der Waals surface area contributed by atoms with Gasteiger partial charge in [0.25, 0.3) is 0 Å². The molecule has 2 rings (SSSR count). The Morgan fingerprint density at radius 1 is 1.39 bits per heavy atom. The summed E-state index contributed by atoms with van der Waals surface area (Å²) in [6.45, 7) is 8.10. The van der Waals surface area contributed by atoms with Crippen molar-refractivity contribution in [2.75, 3.05) is 31.6 Å². The predicted octanol–water partition coefficient (Wildman–Crippen LogP) is 2.60. The smallest absolute Gasteiger partial charge is 0.0872 e. The average molecular weight is 248 g/mol. The third kappa shape index (κ3) is 3.72. The number of rotatable bonds is 5. The highest BCUT2D eigenvalue weighted by Crippen LogP contribution is 2.20. The second kappa shape index (κ2) is 6.76. The lowest BCUT2D eigenvalue weighted by atomic mass is 9.99. The van der Waals surface area contributed by atoms with Crippen LogP contribution < -0.4 is 10.6 Å². The lowest BCUT2D eigenvalue weighted by molar-refractivity contribution is 0.0372. The Morgan fingerprint density at radius 3 is 2.78 bits per heavy atom. The second-order valence-electron chi connectivity index (χ2n) is 5.01. The molecule has 1 aliphatic rings. The van der Waals surface area contributed by atoms with Crippen molar-refractivity contribution in [3.05, 3.63) is 29.8 Å². The summed E-state index contributed by atoms with van der Waals surface area (Å²) in [6, 6.07) is 8.77. The molecule has 1 aliphatic heterocycles. The fourth-order valence-electron chi connectivity index (χ4n) is 2.15. The number of hydrogen-bond acceptors (Lipinski definition) is 3. The van der Waals surface area contributed by atoms with Crippen LogP contribution in [0.25, 0.3) is 0 Å². The Balaban J connectivity index is 1.82. The van der Waals surface area contributed by atoms with Crippen LogP contribution >= 0.6 is 0 Å². The zero-order valence-electron chi connectivity index (χ0n) is 11.4. The van der Waals surface area contributed by atoms with E-state index in [1.807, 2.05) is 0 Å². The molecule has 3 heteroatoms. The van der Waals surface area contributed by atoms with Crippen LogP contribution in [0.5, 0.6) is 0 Å². The van der Waals surface area contributed by atoms with E-state index in [-0.39, 0.29) is 6.10 Å². The van der Waals surface area contributed by atoms with Gasteiger partial charge in [-0.3, -0.25) is 0 Å². The standard InChI is InChI=1S/C15H24N2O/c1-3-12(2)13-4-6-14(7-5-13)17-11-15-10-16-8-9-18-15/h4-7,12,15-17H,3,8-11H2,1-2H3. The molecule has 0 spiro atoms. The summed E-state index contributed by atoms with van der Waals surface area (Å²) in [4.78, 5) is 0. The lowest BCUT2D eigenvalue weighted by Gasteiger charge is -2.24. The topological polar surface area (TPSA) is 33.3 Å². The van der Waals surface area contributed by atoms with Gasteiger partial charge in [0.05, 0.1) is 12.7 Å². The van der Waals surface area contributed by atoms with E-state index in [4.69, 9.17) is 4.74 Å². The SMILES string of the molecule is CCC(C)c1ccc(NCC2CNCCO2)cc1. The summed E-state index contributed by atoms with van der Waals surface area (Å²) in [6.07, 6.45) is 1.47. The molecule has 0 aliphatic carbocycles. The van der Waals surface area contributed by atoms with Crippen molar-refractivity contribution in [1.29, 1.82) is 0 Å². The summed E-state index contributed by atoms with van der Waals surface area (Å²) >= 11 is 0. The molecule has 0 aromatic heterocycles. The molecule has 1 aromatic rings. The van der Waals surface area contributed by atoms with E-state index >= 15 is 0 Å². The highest BCUT2D eigenvalue weighted by molar-refractivity contribution is 5.45. The van der Waals surface area contributed by atoms with Gasteiger partial charge < -0.3 is 15.4 Å². The van der Waals surface area contributed by atoms with Gasteiger partial charge in [-0.1, -0.05) is 26.0 Å². The van der Waals surface area contributed by atoms with E-state index in [1.165, 1.54) is 17.7 Å². The Labute approximate surface area is 110 Å². The number of anilines is 1. The van der Waals surface area contributed by atoms with Crippen molar-refractivity contribution in [1.82, 2.24) is 5.32 Å². The first kappa shape index (κ1) is 13.4. The van der Waals surface area contributed by atoms with Crippen molar-refractivity contribution >= 4 is 5.69 Å². The van der Waals surface area contributed by atoms with E-state index in [9.17, 15) is 0 Å². The minimum atomic E-state index is 0.285. The van der Waals surface area contributed by atoms with Crippen LogP contribution in [0.4, 0.5) is 5.69 Å². The van der Waals surface area contributed by atoms with Crippen LogP contribution in [-0.2, 0) is 4.74 Å². The second-order valence-corrected chi connectivity index (χ2v) is 5.01. The normalized spacial score (nSPS) is 21.6. The summed E-state index contributed by atoms with van der Waals surface area (Å²) in [5, 5.41) is 6.77. The zero-order valence-corrected chi connectivity index (χ0v) is 11.4. The summed E-state index contributed by atoms with van der Waals surface area (Å²) in [7, 11) is 0. The molecule has 2 unspecified atom stereocenters. The Bertz CT molecular complexity index is 344. The van der Waals surface area contributed by atoms with Gasteiger partial charge in [0, 0.05) is 25.3 Å². The van der Waals surface area contributed by atoms with E-state index in [1.54, 1.807) is 0 Å². The molecule has 0 amide bonds. The molecule has 0 radical (unpaired) electrons. The first-order chi connectivity index (χ1) is 8.79. The van der Waals surface area contributed by atoms with Gasteiger partial charge in [0.15, 0.2) is 0 Å². The molecule has 100 valence electrons. The molecular formula is C15H24N2O. The van der Waals surface area contributed by atoms with Gasteiger partial charge >= 0.3 is 0 Å². The van der Waals surface area contributed by atoms with Gasteiger partial charge in [-0.25, -0.2) is 0 Å². The molecule has 0 bridgehead atoms. The average Bonchev–Trinajstić information content (AvgIpc) is 2.46. The van der Waals surface area contributed by atoms with E-state index in [2.05, 4.69) is 48.7 Å². The Kier molecular flexibility index (Phi) is 5.02. The van der Waals surface area contributed by atoms with Gasteiger partial charge in [-0.05, 0) is 30.0 Å². The largest absolute Gasteiger partial charge is 0.382 e. The molecule has 1 aromatic carbocycles. The monoisotopic (exact) mass is 248 g/mol. The first-order valence-corrected chi connectivity index (χ1v) is 6.95. The highest BCUT2D eigenvalue weighted by Gasteiger charge is 2.12. The molecule has 0 saturated carbocycles. The fraction of sp³-hybridized carbons (Fsp3) is 0.600. The quantitative estimate of drug-likeness (QED) is 0.840. The molecular weight excluding hydrogens is 224 g/mol. The van der Waals surface area contributed by atoms with E-state index < -0.39 is 0 Å². The van der Waals surface area contributed by atoms with Gasteiger partial charge in [-0.2, -0.15) is 0 Å². The maximum atomic E-state index is 5.65. The van der Waals surface area contributed by atoms with E-state index in [0.717, 1.165) is 26.2 Å². The molecule has 1 saturated heterocycles. The summed E-state index contributed by atoms with van der Waals surface area (Å²) < 4.78 is 5.65. The van der Waals surface area contributed by atoms with Crippen molar-refractivity contribution in [2.45, 2.75) is 32.3 Å². The summed E-state index contributed by atoms with van der Waals surface area (Å²) in [5.74, 6) is 0.643. The minimum absolute atomic E-state index is 0.285. The Morgan fingerprint density at radius 2 is 2.17 bits per heavy atom. The molecule has 2 atom stereocenters. The highest BCUT2D eigenvalue weighted by atomic mass is 16.5. The van der Waals surface area contributed by atoms with Crippen LogP contribution in [0.15, 0.2) is 24.3 Å². The molecule has 3 nitrogen and oxygen atoms in total. The fourth-order valence-corrected chi connectivity index (χ4v) is 2.15. The number of benzene rings is 1. The Hall–Kier alpha value is -1.06. The van der Waals surface area contributed by atoms with Crippen LogP contribution in [0.3, 0.4) is 0 Å². The maximum absolute atomic E-state index is 5.65. The number of morpholine rings is 1. The predicted molar refractivity (Wildman–Crippen MR) is 76.2 cm³/mol. The van der Waals surface area contributed by atoms with Crippen LogP contribution in [-0.4, -0.2) is 32.3 Å².